The van der Waals surface area contributed by atoms with Crippen molar-refractivity contribution in [2.75, 3.05) is 13.1 Å². The maximum Gasteiger partial charge on any atom is 0.232 e. The van der Waals surface area contributed by atoms with E-state index in [1.54, 1.807) is 0 Å². The van der Waals surface area contributed by atoms with Crippen LogP contribution in [0.3, 0.4) is 0 Å². The molecule has 0 atom stereocenters. The quantitative estimate of drug-likeness (QED) is 0.829. The van der Waals surface area contributed by atoms with Crippen LogP contribution in [0.5, 0.6) is 0 Å². The van der Waals surface area contributed by atoms with Crippen molar-refractivity contribution < 1.29 is 4.52 Å². The van der Waals surface area contributed by atoms with Crippen LogP contribution < -0.4 is 0 Å². The van der Waals surface area contributed by atoms with Crippen molar-refractivity contribution in [1.82, 2.24) is 15.0 Å². The molecular formula is C14H17N3O. The Morgan fingerprint density at radius 3 is 2.72 bits per heavy atom. The van der Waals surface area contributed by atoms with E-state index in [9.17, 15) is 0 Å². The van der Waals surface area contributed by atoms with E-state index < -0.39 is 0 Å². The summed E-state index contributed by atoms with van der Waals surface area (Å²) in [5.74, 6) is 1.92. The van der Waals surface area contributed by atoms with Gasteiger partial charge in [0.25, 0.3) is 0 Å². The Morgan fingerprint density at radius 2 is 2.06 bits per heavy atom. The van der Waals surface area contributed by atoms with Crippen molar-refractivity contribution in [3.05, 3.63) is 47.1 Å². The van der Waals surface area contributed by atoms with Gasteiger partial charge in [0, 0.05) is 19.6 Å². The second-order valence-electron chi connectivity index (χ2n) is 5.00. The first-order valence-electron chi connectivity index (χ1n) is 6.29. The van der Waals surface area contributed by atoms with Crippen molar-refractivity contribution in [2.45, 2.75) is 26.3 Å². The molecule has 0 saturated carbocycles. The molecule has 1 aliphatic rings. The Morgan fingerprint density at radius 1 is 1.28 bits per heavy atom. The molecule has 0 aliphatic carbocycles. The molecule has 0 radical (unpaired) electrons. The van der Waals surface area contributed by atoms with Gasteiger partial charge in [0.2, 0.25) is 5.89 Å². The molecular weight excluding hydrogens is 226 g/mol. The van der Waals surface area contributed by atoms with Gasteiger partial charge in [-0.05, 0) is 25.0 Å². The zero-order valence-electron chi connectivity index (χ0n) is 10.8. The second-order valence-corrected chi connectivity index (χ2v) is 5.00. The van der Waals surface area contributed by atoms with Gasteiger partial charge in [0.1, 0.15) is 0 Å². The molecule has 1 saturated heterocycles. The number of hydrogen-bond acceptors (Lipinski definition) is 4. The molecule has 3 rings (SSSR count). The van der Waals surface area contributed by atoms with Crippen LogP contribution in [0.15, 0.2) is 28.8 Å². The summed E-state index contributed by atoms with van der Waals surface area (Å²) in [6, 6.07) is 8.54. The van der Waals surface area contributed by atoms with Gasteiger partial charge in [-0.1, -0.05) is 29.4 Å². The Balaban J connectivity index is 1.58. The maximum absolute atomic E-state index is 5.20. The van der Waals surface area contributed by atoms with E-state index in [4.69, 9.17) is 4.52 Å². The van der Waals surface area contributed by atoms with Gasteiger partial charge >= 0.3 is 0 Å². The molecule has 1 aromatic heterocycles. The maximum atomic E-state index is 5.20. The van der Waals surface area contributed by atoms with Crippen molar-refractivity contribution in [2.24, 2.45) is 0 Å². The fourth-order valence-electron chi connectivity index (χ4n) is 2.36. The van der Waals surface area contributed by atoms with E-state index in [1.165, 1.54) is 11.1 Å². The largest absolute Gasteiger partial charge is 0.339 e. The predicted octanol–water partition coefficient (Wildman–Crippen LogP) is 2.29. The topological polar surface area (TPSA) is 42.2 Å². The molecule has 18 heavy (non-hydrogen) atoms. The zero-order chi connectivity index (χ0) is 12.5. The van der Waals surface area contributed by atoms with E-state index in [2.05, 4.69) is 46.2 Å². The van der Waals surface area contributed by atoms with E-state index in [0.29, 0.717) is 5.92 Å². The molecule has 4 heteroatoms. The summed E-state index contributed by atoms with van der Waals surface area (Å²) in [6.45, 7) is 7.05. The molecule has 1 aliphatic heterocycles. The molecule has 2 aromatic rings. The molecule has 2 heterocycles. The molecule has 1 fully saturated rings. The molecule has 0 N–H and O–H groups in total. The summed E-state index contributed by atoms with van der Waals surface area (Å²) in [5, 5.41) is 3.84. The summed E-state index contributed by atoms with van der Waals surface area (Å²) in [5.41, 5.74) is 2.76. The molecule has 1 aromatic carbocycles. The highest BCUT2D eigenvalue weighted by Gasteiger charge is 2.32. The zero-order valence-corrected chi connectivity index (χ0v) is 10.8. The van der Waals surface area contributed by atoms with Crippen LogP contribution in [0.4, 0.5) is 0 Å². The van der Waals surface area contributed by atoms with Gasteiger partial charge in [-0.3, -0.25) is 4.90 Å². The minimum atomic E-state index is 0.412. The van der Waals surface area contributed by atoms with Gasteiger partial charge in [0.15, 0.2) is 5.82 Å². The lowest BCUT2D eigenvalue weighted by molar-refractivity contribution is 0.117. The third kappa shape index (κ3) is 2.16. The molecule has 4 nitrogen and oxygen atoms in total. The predicted molar refractivity (Wildman–Crippen MR) is 68.2 cm³/mol. The van der Waals surface area contributed by atoms with Crippen molar-refractivity contribution in [1.29, 1.82) is 0 Å². The van der Waals surface area contributed by atoms with E-state index in [-0.39, 0.29) is 0 Å². The Bertz CT molecular complexity index is 543. The van der Waals surface area contributed by atoms with Gasteiger partial charge in [-0.2, -0.15) is 4.98 Å². The van der Waals surface area contributed by atoms with Gasteiger partial charge in [-0.15, -0.1) is 0 Å². The lowest BCUT2D eigenvalue weighted by Crippen LogP contribution is -2.44. The standard InChI is InChI=1S/C14H17N3O/c1-10-5-3-4-6-12(10)7-17-8-13(9-17)14-15-11(2)16-18-14/h3-6,13H,7-9H2,1-2H3. The summed E-state index contributed by atoms with van der Waals surface area (Å²) in [4.78, 5) is 6.70. The Labute approximate surface area is 107 Å². The van der Waals surface area contributed by atoms with Crippen LogP contribution in [-0.4, -0.2) is 28.1 Å². The minimum absolute atomic E-state index is 0.412. The summed E-state index contributed by atoms with van der Waals surface area (Å²) in [6.07, 6.45) is 0. The average Bonchev–Trinajstić information content (AvgIpc) is 2.71. The van der Waals surface area contributed by atoms with Crippen molar-refractivity contribution in [3.63, 3.8) is 0 Å². The third-order valence-electron chi connectivity index (χ3n) is 3.50. The fraction of sp³-hybridized carbons (Fsp3) is 0.429. The number of benzene rings is 1. The molecule has 0 unspecified atom stereocenters. The molecule has 94 valence electrons. The second kappa shape index (κ2) is 4.53. The van der Waals surface area contributed by atoms with Crippen LogP contribution in [0, 0.1) is 13.8 Å². The highest BCUT2D eigenvalue weighted by Crippen LogP contribution is 2.27. The number of nitrogens with zero attached hydrogens (tertiary/aromatic N) is 3. The molecule has 0 amide bonds. The van der Waals surface area contributed by atoms with Gasteiger partial charge in [-0.25, -0.2) is 0 Å². The first-order chi connectivity index (χ1) is 8.72. The van der Waals surface area contributed by atoms with Crippen molar-refractivity contribution >= 4 is 0 Å². The lowest BCUT2D eigenvalue weighted by atomic mass is 9.98. The van der Waals surface area contributed by atoms with E-state index >= 15 is 0 Å². The highest BCUT2D eigenvalue weighted by atomic mass is 16.5. The average molecular weight is 243 g/mol. The van der Waals surface area contributed by atoms with Crippen LogP contribution >= 0.6 is 0 Å². The van der Waals surface area contributed by atoms with E-state index in [0.717, 1.165) is 31.3 Å². The Hall–Kier alpha value is -1.68. The monoisotopic (exact) mass is 243 g/mol. The molecule has 0 bridgehead atoms. The number of aryl methyl sites for hydroxylation is 2. The van der Waals surface area contributed by atoms with Crippen LogP contribution in [0.1, 0.15) is 28.8 Å². The summed E-state index contributed by atoms with van der Waals surface area (Å²) < 4.78 is 5.20. The smallest absolute Gasteiger partial charge is 0.232 e. The summed E-state index contributed by atoms with van der Waals surface area (Å²) in [7, 11) is 0. The van der Waals surface area contributed by atoms with Crippen LogP contribution in [0.25, 0.3) is 0 Å². The fourth-order valence-corrected chi connectivity index (χ4v) is 2.36. The lowest BCUT2D eigenvalue weighted by Gasteiger charge is -2.37. The SMILES string of the molecule is Cc1noc(C2CN(Cc3ccccc3C)C2)n1. The third-order valence-corrected chi connectivity index (χ3v) is 3.50. The minimum Gasteiger partial charge on any atom is -0.339 e. The van der Waals surface area contributed by atoms with Crippen LogP contribution in [-0.2, 0) is 6.54 Å². The van der Waals surface area contributed by atoms with Gasteiger partial charge in [0.05, 0.1) is 5.92 Å². The first-order valence-corrected chi connectivity index (χ1v) is 6.29. The summed E-state index contributed by atoms with van der Waals surface area (Å²) >= 11 is 0. The first kappa shape index (κ1) is 11.4. The Kier molecular flexibility index (Phi) is 2.88. The highest BCUT2D eigenvalue weighted by molar-refractivity contribution is 5.25. The number of aromatic nitrogens is 2. The number of rotatable bonds is 3. The number of hydrogen-bond donors (Lipinski definition) is 0. The van der Waals surface area contributed by atoms with Gasteiger partial charge < -0.3 is 4.52 Å². The number of likely N-dealkylation sites (tertiary alicyclic amines) is 1. The van der Waals surface area contributed by atoms with E-state index in [1.807, 2.05) is 6.92 Å². The van der Waals surface area contributed by atoms with Crippen molar-refractivity contribution in [3.8, 4) is 0 Å². The normalized spacial score (nSPS) is 16.8. The van der Waals surface area contributed by atoms with Crippen LogP contribution in [0.2, 0.25) is 0 Å². The molecule has 0 spiro atoms.